The van der Waals surface area contributed by atoms with Gasteiger partial charge in [-0.2, -0.15) is 0 Å². The van der Waals surface area contributed by atoms with Crippen LogP contribution in [0, 0.1) is 16.0 Å². The van der Waals surface area contributed by atoms with Crippen LogP contribution in [-0.4, -0.2) is 34.8 Å². The quantitative estimate of drug-likeness (QED) is 0.458. The highest BCUT2D eigenvalue weighted by Crippen LogP contribution is 2.24. The van der Waals surface area contributed by atoms with Crippen molar-refractivity contribution in [1.82, 2.24) is 5.32 Å². The predicted octanol–water partition coefficient (Wildman–Crippen LogP) is 2.45. The van der Waals surface area contributed by atoms with Gasteiger partial charge >= 0.3 is 0 Å². The van der Waals surface area contributed by atoms with Gasteiger partial charge in [0.05, 0.1) is 11.0 Å². The molecule has 0 fully saturated rings. The van der Waals surface area contributed by atoms with Crippen LogP contribution in [0.3, 0.4) is 0 Å². The van der Waals surface area contributed by atoms with E-state index in [0.717, 1.165) is 4.90 Å². The van der Waals surface area contributed by atoms with Crippen LogP contribution >= 0.6 is 11.8 Å². The molecule has 0 aliphatic heterocycles. The van der Waals surface area contributed by atoms with Crippen molar-refractivity contribution in [2.45, 2.75) is 31.3 Å². The highest BCUT2D eigenvalue weighted by molar-refractivity contribution is 7.98. The molecule has 1 rings (SSSR count). The first kappa shape index (κ1) is 17.5. The second-order valence-corrected chi connectivity index (χ2v) is 6.01. The number of carbonyl (C=O) groups excluding carboxylic acids is 1. The Kier molecular flexibility index (Phi) is 6.64. The molecule has 21 heavy (non-hydrogen) atoms. The third-order valence-corrected chi connectivity index (χ3v) is 3.61. The maximum Gasteiger partial charge on any atom is 0.282 e. The molecular formula is C14H20N2O4S. The van der Waals surface area contributed by atoms with Crippen LogP contribution in [0.5, 0.6) is 0 Å². The van der Waals surface area contributed by atoms with Crippen molar-refractivity contribution in [2.24, 2.45) is 5.92 Å². The molecule has 1 unspecified atom stereocenters. The average molecular weight is 312 g/mol. The number of nitrogens with zero attached hydrogens (tertiary/aromatic N) is 1. The Hall–Kier alpha value is -1.60. The molecule has 6 nitrogen and oxygen atoms in total. The summed E-state index contributed by atoms with van der Waals surface area (Å²) in [5.41, 5.74) is -0.216. The number of carbonyl (C=O) groups is 1. The molecule has 116 valence electrons. The Morgan fingerprint density at radius 3 is 2.67 bits per heavy atom. The number of nitro groups is 1. The summed E-state index contributed by atoms with van der Waals surface area (Å²) in [6.07, 6.45) is 1.74. The van der Waals surface area contributed by atoms with Crippen LogP contribution in [0.2, 0.25) is 0 Å². The van der Waals surface area contributed by atoms with E-state index in [2.05, 4.69) is 5.32 Å². The van der Waals surface area contributed by atoms with E-state index in [1.807, 2.05) is 20.1 Å². The maximum atomic E-state index is 12.1. The van der Waals surface area contributed by atoms with Gasteiger partial charge < -0.3 is 10.4 Å². The fourth-order valence-electron chi connectivity index (χ4n) is 1.92. The number of amides is 1. The lowest BCUT2D eigenvalue weighted by molar-refractivity contribution is -0.385. The molecule has 0 heterocycles. The zero-order valence-electron chi connectivity index (χ0n) is 12.3. The van der Waals surface area contributed by atoms with Gasteiger partial charge in [-0.05, 0) is 30.7 Å². The van der Waals surface area contributed by atoms with E-state index in [1.54, 1.807) is 6.07 Å². The van der Waals surface area contributed by atoms with Crippen molar-refractivity contribution in [1.29, 1.82) is 0 Å². The van der Waals surface area contributed by atoms with Gasteiger partial charge in [0.2, 0.25) is 0 Å². The summed E-state index contributed by atoms with van der Waals surface area (Å²) in [5.74, 6) is -0.230. The number of benzene rings is 1. The largest absolute Gasteiger partial charge is 0.391 e. The van der Waals surface area contributed by atoms with Gasteiger partial charge in [-0.3, -0.25) is 14.9 Å². The van der Waals surface area contributed by atoms with Crippen LogP contribution in [0.1, 0.15) is 30.6 Å². The number of aliphatic hydroxyl groups is 1. The Morgan fingerprint density at radius 2 is 2.14 bits per heavy atom. The molecule has 0 bridgehead atoms. The number of aliphatic hydroxyl groups excluding tert-OH is 1. The summed E-state index contributed by atoms with van der Waals surface area (Å²) in [5, 5.41) is 23.3. The minimum Gasteiger partial charge on any atom is -0.391 e. The zero-order chi connectivity index (χ0) is 16.0. The topological polar surface area (TPSA) is 92.5 Å². The highest BCUT2D eigenvalue weighted by atomic mass is 32.2. The van der Waals surface area contributed by atoms with E-state index < -0.39 is 16.9 Å². The van der Waals surface area contributed by atoms with Crippen LogP contribution in [0.25, 0.3) is 0 Å². The van der Waals surface area contributed by atoms with E-state index >= 15 is 0 Å². The van der Waals surface area contributed by atoms with Gasteiger partial charge in [0.1, 0.15) is 5.56 Å². The molecule has 0 aromatic heterocycles. The van der Waals surface area contributed by atoms with Crippen molar-refractivity contribution >= 4 is 23.4 Å². The molecule has 2 N–H and O–H groups in total. The summed E-state index contributed by atoms with van der Waals surface area (Å²) in [4.78, 5) is 23.3. The van der Waals surface area contributed by atoms with E-state index in [0.29, 0.717) is 12.3 Å². The zero-order valence-corrected chi connectivity index (χ0v) is 13.1. The van der Waals surface area contributed by atoms with E-state index in [1.165, 1.54) is 23.9 Å². The second-order valence-electron chi connectivity index (χ2n) is 5.13. The number of thioether (sulfide) groups is 1. The monoisotopic (exact) mass is 312 g/mol. The van der Waals surface area contributed by atoms with Crippen LogP contribution in [-0.2, 0) is 0 Å². The van der Waals surface area contributed by atoms with Crippen LogP contribution in [0.15, 0.2) is 23.1 Å². The van der Waals surface area contributed by atoms with E-state index in [9.17, 15) is 20.0 Å². The third-order valence-electron chi connectivity index (χ3n) is 2.89. The molecule has 1 amide bonds. The van der Waals surface area contributed by atoms with Crippen molar-refractivity contribution < 1.29 is 14.8 Å². The Labute approximate surface area is 128 Å². The first-order valence-corrected chi connectivity index (χ1v) is 7.86. The molecule has 1 aromatic carbocycles. The summed E-state index contributed by atoms with van der Waals surface area (Å²) in [7, 11) is 0. The fourth-order valence-corrected chi connectivity index (χ4v) is 2.36. The summed E-state index contributed by atoms with van der Waals surface area (Å²) in [6.45, 7) is 4.02. The lowest BCUT2D eigenvalue weighted by atomic mass is 10.1. The Morgan fingerprint density at radius 1 is 1.48 bits per heavy atom. The minimum atomic E-state index is -0.656. The van der Waals surface area contributed by atoms with E-state index in [-0.39, 0.29) is 17.8 Å². The molecule has 0 aliphatic rings. The number of rotatable bonds is 7. The maximum absolute atomic E-state index is 12.1. The predicted molar refractivity (Wildman–Crippen MR) is 82.7 cm³/mol. The highest BCUT2D eigenvalue weighted by Gasteiger charge is 2.21. The number of hydrogen-bond acceptors (Lipinski definition) is 5. The van der Waals surface area contributed by atoms with Gasteiger partial charge in [-0.15, -0.1) is 11.8 Å². The Balaban J connectivity index is 2.83. The van der Waals surface area contributed by atoms with Crippen molar-refractivity contribution in [3.63, 3.8) is 0 Å². The molecule has 0 saturated heterocycles. The smallest absolute Gasteiger partial charge is 0.282 e. The fraction of sp³-hybridized carbons (Fsp3) is 0.500. The normalized spacial score (nSPS) is 12.2. The second kappa shape index (κ2) is 7.99. The molecule has 0 radical (unpaired) electrons. The lowest BCUT2D eigenvalue weighted by Crippen LogP contribution is -2.33. The lowest BCUT2D eigenvalue weighted by Gasteiger charge is -2.14. The van der Waals surface area contributed by atoms with Crippen molar-refractivity contribution in [3.8, 4) is 0 Å². The van der Waals surface area contributed by atoms with Gasteiger partial charge in [0.25, 0.3) is 11.6 Å². The molecular weight excluding hydrogens is 292 g/mol. The Bertz CT molecular complexity index is 520. The van der Waals surface area contributed by atoms with Crippen LogP contribution < -0.4 is 5.32 Å². The number of hydrogen-bond donors (Lipinski definition) is 2. The molecule has 0 saturated carbocycles. The summed E-state index contributed by atoms with van der Waals surface area (Å²) in [6, 6.07) is 4.42. The van der Waals surface area contributed by atoms with Gasteiger partial charge in [-0.1, -0.05) is 13.8 Å². The SMILES string of the molecule is CSc1ccc([N+](=O)[O-])c(C(=O)NCC(O)CC(C)C)c1. The van der Waals surface area contributed by atoms with Gasteiger partial charge in [0, 0.05) is 17.5 Å². The van der Waals surface area contributed by atoms with Gasteiger partial charge in [-0.25, -0.2) is 0 Å². The minimum absolute atomic E-state index is 0.0172. The van der Waals surface area contributed by atoms with Crippen molar-refractivity contribution in [3.05, 3.63) is 33.9 Å². The molecule has 1 atom stereocenters. The van der Waals surface area contributed by atoms with E-state index in [4.69, 9.17) is 0 Å². The summed E-state index contributed by atoms with van der Waals surface area (Å²) < 4.78 is 0. The first-order chi connectivity index (χ1) is 9.85. The molecule has 1 aromatic rings. The first-order valence-electron chi connectivity index (χ1n) is 6.63. The number of nitrogens with one attached hydrogen (secondary N) is 1. The molecule has 7 heteroatoms. The standard InChI is InChI=1S/C14H20N2O4S/c1-9(2)6-10(17)8-15-14(18)12-7-11(21-3)4-5-13(12)16(19)20/h4-5,7,9-10,17H,6,8H2,1-3H3,(H,15,18). The van der Waals surface area contributed by atoms with Crippen LogP contribution in [0.4, 0.5) is 5.69 Å². The summed E-state index contributed by atoms with van der Waals surface area (Å²) >= 11 is 1.40. The number of nitro benzene ring substituents is 1. The van der Waals surface area contributed by atoms with Crippen molar-refractivity contribution in [2.75, 3.05) is 12.8 Å². The average Bonchev–Trinajstić information content (AvgIpc) is 2.43. The van der Waals surface area contributed by atoms with Gasteiger partial charge in [0.15, 0.2) is 0 Å². The third kappa shape index (κ3) is 5.35. The molecule has 0 aliphatic carbocycles. The molecule has 0 spiro atoms.